The number of benzene rings is 1. The molecule has 0 aliphatic rings. The molecular formula is C14H14BrF2NO. The Kier molecular flexibility index (Phi) is 4.58. The van der Waals surface area contributed by atoms with Crippen LogP contribution in [0.15, 0.2) is 39.4 Å². The van der Waals surface area contributed by atoms with Crippen molar-refractivity contribution < 1.29 is 13.2 Å². The minimum Gasteiger partial charge on any atom is -0.469 e. The van der Waals surface area contributed by atoms with Gasteiger partial charge in [0, 0.05) is 18.5 Å². The van der Waals surface area contributed by atoms with E-state index in [9.17, 15) is 8.78 Å². The highest BCUT2D eigenvalue weighted by molar-refractivity contribution is 9.10. The molecule has 0 saturated carbocycles. The summed E-state index contributed by atoms with van der Waals surface area (Å²) in [6.07, 6.45) is 3.19. The van der Waals surface area contributed by atoms with E-state index in [2.05, 4.69) is 21.2 Å². The van der Waals surface area contributed by atoms with Gasteiger partial charge in [0.2, 0.25) is 0 Å². The van der Waals surface area contributed by atoms with Gasteiger partial charge < -0.3 is 9.73 Å². The number of hydrogen-bond acceptors (Lipinski definition) is 2. The van der Waals surface area contributed by atoms with Crippen LogP contribution in [0.1, 0.15) is 19.1 Å². The van der Waals surface area contributed by atoms with Gasteiger partial charge in [-0.25, -0.2) is 8.78 Å². The van der Waals surface area contributed by atoms with Crippen molar-refractivity contribution in [2.75, 3.05) is 5.32 Å². The summed E-state index contributed by atoms with van der Waals surface area (Å²) in [4.78, 5) is 0. The van der Waals surface area contributed by atoms with Crippen LogP contribution < -0.4 is 5.32 Å². The standard InChI is InChI=1S/C14H14BrF2NO/c1-9(4-5-10-3-2-6-19-10)18-14-7-11(15)12(16)8-13(14)17/h2-3,6-9,18H,4-5H2,1H3. The maximum absolute atomic E-state index is 13.6. The lowest BCUT2D eigenvalue weighted by molar-refractivity contribution is 0.494. The summed E-state index contributed by atoms with van der Waals surface area (Å²) in [5.74, 6) is -0.300. The van der Waals surface area contributed by atoms with Gasteiger partial charge in [-0.3, -0.25) is 0 Å². The maximum atomic E-state index is 13.6. The van der Waals surface area contributed by atoms with E-state index in [0.29, 0.717) is 5.69 Å². The first kappa shape index (κ1) is 14.1. The minimum atomic E-state index is -0.605. The SMILES string of the molecule is CC(CCc1ccco1)Nc1cc(Br)c(F)cc1F. The number of furan rings is 1. The van der Waals surface area contributed by atoms with Crippen LogP contribution in [0.5, 0.6) is 0 Å². The molecule has 19 heavy (non-hydrogen) atoms. The lowest BCUT2D eigenvalue weighted by atomic mass is 10.1. The Morgan fingerprint density at radius 2 is 2.11 bits per heavy atom. The van der Waals surface area contributed by atoms with E-state index in [0.717, 1.165) is 24.7 Å². The number of aryl methyl sites for hydroxylation is 1. The van der Waals surface area contributed by atoms with Crippen molar-refractivity contribution in [2.24, 2.45) is 0 Å². The highest BCUT2D eigenvalue weighted by Gasteiger charge is 2.11. The van der Waals surface area contributed by atoms with Crippen molar-refractivity contribution in [3.63, 3.8) is 0 Å². The largest absolute Gasteiger partial charge is 0.469 e. The molecule has 0 saturated heterocycles. The van der Waals surface area contributed by atoms with Crippen LogP contribution in [-0.2, 0) is 6.42 Å². The fraction of sp³-hybridized carbons (Fsp3) is 0.286. The quantitative estimate of drug-likeness (QED) is 0.800. The summed E-state index contributed by atoms with van der Waals surface area (Å²) in [6, 6.07) is 6.07. The Bertz CT molecular complexity index is 543. The van der Waals surface area contributed by atoms with Gasteiger partial charge in [0.15, 0.2) is 0 Å². The van der Waals surface area contributed by atoms with Gasteiger partial charge in [0.05, 0.1) is 16.4 Å². The van der Waals surface area contributed by atoms with E-state index in [1.807, 2.05) is 19.1 Å². The summed E-state index contributed by atoms with van der Waals surface area (Å²) in [5.41, 5.74) is 0.292. The molecule has 5 heteroatoms. The van der Waals surface area contributed by atoms with Crippen LogP contribution in [0.2, 0.25) is 0 Å². The van der Waals surface area contributed by atoms with Crippen molar-refractivity contribution in [1.82, 2.24) is 0 Å². The molecule has 2 rings (SSSR count). The third-order valence-electron chi connectivity index (χ3n) is 2.82. The van der Waals surface area contributed by atoms with E-state index in [1.54, 1.807) is 6.26 Å². The maximum Gasteiger partial charge on any atom is 0.149 e. The predicted octanol–water partition coefficient (Wildman–Crippen LogP) is 4.75. The van der Waals surface area contributed by atoms with E-state index < -0.39 is 11.6 Å². The molecule has 0 amide bonds. The molecule has 1 N–H and O–H groups in total. The highest BCUT2D eigenvalue weighted by Crippen LogP contribution is 2.24. The van der Waals surface area contributed by atoms with Gasteiger partial charge in [0.25, 0.3) is 0 Å². The Balaban J connectivity index is 1.95. The first-order chi connectivity index (χ1) is 9.06. The summed E-state index contributed by atoms with van der Waals surface area (Å²) >= 11 is 3.04. The molecule has 1 atom stereocenters. The van der Waals surface area contributed by atoms with Gasteiger partial charge >= 0.3 is 0 Å². The zero-order valence-corrected chi connectivity index (χ0v) is 12.0. The molecule has 0 spiro atoms. The number of nitrogens with one attached hydrogen (secondary N) is 1. The smallest absolute Gasteiger partial charge is 0.149 e. The van der Waals surface area contributed by atoms with E-state index in [-0.39, 0.29) is 10.5 Å². The van der Waals surface area contributed by atoms with Gasteiger partial charge in [-0.15, -0.1) is 0 Å². The molecule has 0 aliphatic heterocycles. The number of halogens is 3. The molecule has 1 heterocycles. The number of anilines is 1. The van der Waals surface area contributed by atoms with Crippen molar-refractivity contribution in [3.05, 3.63) is 52.4 Å². The van der Waals surface area contributed by atoms with Crippen LogP contribution >= 0.6 is 15.9 Å². The third-order valence-corrected chi connectivity index (χ3v) is 3.42. The molecule has 1 unspecified atom stereocenters. The van der Waals surface area contributed by atoms with Crippen LogP contribution in [0.25, 0.3) is 0 Å². The summed E-state index contributed by atoms with van der Waals surface area (Å²) in [5, 5.41) is 3.03. The third kappa shape index (κ3) is 3.80. The molecule has 102 valence electrons. The van der Waals surface area contributed by atoms with Crippen molar-refractivity contribution >= 4 is 21.6 Å². The molecule has 0 bridgehead atoms. The van der Waals surface area contributed by atoms with Gasteiger partial charge in [0.1, 0.15) is 17.4 Å². The fourth-order valence-corrected chi connectivity index (χ4v) is 2.13. The van der Waals surface area contributed by atoms with Crippen molar-refractivity contribution in [1.29, 1.82) is 0 Å². The minimum absolute atomic E-state index is 0.0527. The molecule has 1 aromatic heterocycles. The zero-order valence-electron chi connectivity index (χ0n) is 10.4. The topological polar surface area (TPSA) is 25.2 Å². The zero-order chi connectivity index (χ0) is 13.8. The van der Waals surface area contributed by atoms with Crippen molar-refractivity contribution in [2.45, 2.75) is 25.8 Å². The van der Waals surface area contributed by atoms with Crippen LogP contribution in [0.3, 0.4) is 0 Å². The molecule has 2 aromatic rings. The summed E-state index contributed by atoms with van der Waals surface area (Å²) in [7, 11) is 0. The van der Waals surface area contributed by atoms with Gasteiger partial charge in [-0.05, 0) is 47.5 Å². The van der Waals surface area contributed by atoms with E-state index >= 15 is 0 Å². The second-order valence-corrected chi connectivity index (χ2v) is 5.26. The Labute approximate surface area is 118 Å². The van der Waals surface area contributed by atoms with E-state index in [1.165, 1.54) is 6.07 Å². The predicted molar refractivity (Wildman–Crippen MR) is 74.2 cm³/mol. The number of hydrogen-bond donors (Lipinski definition) is 1. The second-order valence-electron chi connectivity index (χ2n) is 4.41. The van der Waals surface area contributed by atoms with Gasteiger partial charge in [-0.1, -0.05) is 0 Å². The summed E-state index contributed by atoms with van der Waals surface area (Å²) in [6.45, 7) is 1.94. The molecule has 0 fully saturated rings. The Morgan fingerprint density at radius 1 is 1.32 bits per heavy atom. The molecule has 2 nitrogen and oxygen atoms in total. The summed E-state index contributed by atoms with van der Waals surface area (Å²) < 4.78 is 32.1. The number of rotatable bonds is 5. The second kappa shape index (κ2) is 6.19. The molecule has 0 aliphatic carbocycles. The molecule has 0 radical (unpaired) electrons. The van der Waals surface area contributed by atoms with Crippen LogP contribution in [-0.4, -0.2) is 6.04 Å². The first-order valence-electron chi connectivity index (χ1n) is 5.99. The first-order valence-corrected chi connectivity index (χ1v) is 6.79. The highest BCUT2D eigenvalue weighted by atomic mass is 79.9. The van der Waals surface area contributed by atoms with E-state index in [4.69, 9.17) is 4.42 Å². The average molecular weight is 330 g/mol. The monoisotopic (exact) mass is 329 g/mol. The molecule has 1 aromatic carbocycles. The van der Waals surface area contributed by atoms with Crippen molar-refractivity contribution in [3.8, 4) is 0 Å². The molecular weight excluding hydrogens is 316 g/mol. The Hall–Kier alpha value is -1.36. The lowest BCUT2D eigenvalue weighted by Gasteiger charge is -2.15. The van der Waals surface area contributed by atoms with Gasteiger partial charge in [-0.2, -0.15) is 0 Å². The van der Waals surface area contributed by atoms with Crippen LogP contribution in [0.4, 0.5) is 14.5 Å². The van der Waals surface area contributed by atoms with Crippen LogP contribution in [0, 0.1) is 11.6 Å². The Morgan fingerprint density at radius 3 is 2.79 bits per heavy atom. The fourth-order valence-electron chi connectivity index (χ4n) is 1.78. The average Bonchev–Trinajstić information content (AvgIpc) is 2.86. The lowest BCUT2D eigenvalue weighted by Crippen LogP contribution is -2.17. The normalized spacial score (nSPS) is 12.4.